The van der Waals surface area contributed by atoms with Crippen LogP contribution in [0.25, 0.3) is 22.0 Å². The van der Waals surface area contributed by atoms with Gasteiger partial charge < -0.3 is 4.90 Å². The van der Waals surface area contributed by atoms with Crippen LogP contribution in [0.4, 0.5) is 5.13 Å². The van der Waals surface area contributed by atoms with Gasteiger partial charge in [0.25, 0.3) is 10.0 Å². The largest absolute Gasteiger partial charge is 0.345 e. The first-order chi connectivity index (χ1) is 15.5. The van der Waals surface area contributed by atoms with Gasteiger partial charge in [-0.25, -0.2) is 13.4 Å². The number of thiophene rings is 1. The molecule has 3 aromatic heterocycles. The van der Waals surface area contributed by atoms with Crippen LogP contribution in [0.15, 0.2) is 52.1 Å². The summed E-state index contributed by atoms with van der Waals surface area (Å²) in [4.78, 5) is 12.2. The highest BCUT2D eigenvalue weighted by atomic mass is 32.2. The van der Waals surface area contributed by atoms with Crippen LogP contribution in [-0.2, 0) is 10.0 Å². The fourth-order valence-corrected chi connectivity index (χ4v) is 7.89. The van der Waals surface area contributed by atoms with Crippen LogP contribution < -0.4 is 4.90 Å². The number of sulfonamides is 1. The van der Waals surface area contributed by atoms with Gasteiger partial charge in [-0.3, -0.25) is 0 Å². The number of aryl methyl sites for hydroxylation is 1. The second kappa shape index (κ2) is 8.99. The summed E-state index contributed by atoms with van der Waals surface area (Å²) < 4.78 is 33.0. The molecule has 0 aliphatic carbocycles. The van der Waals surface area contributed by atoms with Crippen LogP contribution in [0.1, 0.15) is 11.4 Å². The van der Waals surface area contributed by atoms with Gasteiger partial charge in [-0.05, 0) is 25.5 Å². The molecular weight excluding hydrogens is 483 g/mol. The summed E-state index contributed by atoms with van der Waals surface area (Å²) in [5, 5.41) is 3.77. The predicted molar refractivity (Wildman–Crippen MR) is 131 cm³/mol. The standard InChI is InChI=1S/C21H21N5O2S4/c1-15-22-17(14-29-15)18-8-9-19(30-18)32(27,28)26-11-5-10-25(12-13-26)21-23-20(24-31-21)16-6-3-2-4-7-16/h2-4,6-9,14H,5,10-13H2,1H3. The first-order valence-corrected chi connectivity index (χ1v) is 14.1. The molecule has 0 saturated carbocycles. The Bertz CT molecular complexity index is 1310. The zero-order chi connectivity index (χ0) is 22.1. The number of thiazole rings is 1. The van der Waals surface area contributed by atoms with Gasteiger partial charge in [0.1, 0.15) is 4.21 Å². The molecule has 0 bridgehead atoms. The van der Waals surface area contributed by atoms with Crippen LogP contribution in [0.5, 0.6) is 0 Å². The lowest BCUT2D eigenvalue weighted by Crippen LogP contribution is -2.34. The molecule has 1 aromatic carbocycles. The maximum Gasteiger partial charge on any atom is 0.252 e. The Morgan fingerprint density at radius 2 is 1.81 bits per heavy atom. The molecule has 0 atom stereocenters. The van der Waals surface area contributed by atoms with Crippen molar-refractivity contribution in [3.8, 4) is 22.0 Å². The lowest BCUT2D eigenvalue weighted by Gasteiger charge is -2.20. The molecular formula is C21H21N5O2S4. The van der Waals surface area contributed by atoms with Crippen molar-refractivity contribution in [1.82, 2.24) is 18.6 Å². The Kier molecular flexibility index (Phi) is 6.08. The highest BCUT2D eigenvalue weighted by Gasteiger charge is 2.29. The van der Waals surface area contributed by atoms with Crippen LogP contribution in [0.2, 0.25) is 0 Å². The Morgan fingerprint density at radius 1 is 0.969 bits per heavy atom. The predicted octanol–water partition coefficient (Wildman–Crippen LogP) is 4.60. The van der Waals surface area contributed by atoms with Crippen molar-refractivity contribution in [1.29, 1.82) is 0 Å². The molecule has 32 heavy (non-hydrogen) atoms. The third-order valence-electron chi connectivity index (χ3n) is 5.22. The van der Waals surface area contributed by atoms with Crippen LogP contribution >= 0.6 is 34.2 Å². The van der Waals surface area contributed by atoms with E-state index in [4.69, 9.17) is 4.98 Å². The first-order valence-electron chi connectivity index (χ1n) is 10.2. The second-order valence-electron chi connectivity index (χ2n) is 7.38. The van der Waals surface area contributed by atoms with E-state index in [0.29, 0.717) is 29.7 Å². The number of hydrogen-bond acceptors (Lipinski definition) is 9. The molecule has 1 aliphatic heterocycles. The van der Waals surface area contributed by atoms with Crippen molar-refractivity contribution in [3.63, 3.8) is 0 Å². The van der Waals surface area contributed by atoms with Gasteiger partial charge in [-0.2, -0.15) is 13.7 Å². The van der Waals surface area contributed by atoms with E-state index in [1.165, 1.54) is 22.9 Å². The molecule has 166 valence electrons. The zero-order valence-electron chi connectivity index (χ0n) is 17.3. The monoisotopic (exact) mass is 503 g/mol. The van der Waals surface area contributed by atoms with E-state index < -0.39 is 10.0 Å². The summed E-state index contributed by atoms with van der Waals surface area (Å²) in [5.74, 6) is 0.711. The van der Waals surface area contributed by atoms with Crippen LogP contribution in [0.3, 0.4) is 0 Å². The quantitative estimate of drug-likeness (QED) is 0.396. The van der Waals surface area contributed by atoms with E-state index in [-0.39, 0.29) is 0 Å². The molecule has 0 amide bonds. The highest BCUT2D eigenvalue weighted by molar-refractivity contribution is 7.91. The highest BCUT2D eigenvalue weighted by Crippen LogP contribution is 2.33. The lowest BCUT2D eigenvalue weighted by atomic mass is 10.2. The van der Waals surface area contributed by atoms with E-state index in [9.17, 15) is 8.42 Å². The summed E-state index contributed by atoms with van der Waals surface area (Å²) in [6.07, 6.45) is 0.739. The molecule has 7 nitrogen and oxygen atoms in total. The minimum absolute atomic E-state index is 0.369. The van der Waals surface area contributed by atoms with Gasteiger partial charge in [0, 0.05) is 48.7 Å². The van der Waals surface area contributed by atoms with Crippen molar-refractivity contribution < 1.29 is 8.42 Å². The summed E-state index contributed by atoms with van der Waals surface area (Å²) in [6, 6.07) is 13.4. The molecule has 5 rings (SSSR count). The summed E-state index contributed by atoms with van der Waals surface area (Å²) >= 11 is 4.21. The molecule has 1 fully saturated rings. The van der Waals surface area contributed by atoms with Crippen molar-refractivity contribution in [2.75, 3.05) is 31.1 Å². The van der Waals surface area contributed by atoms with Gasteiger partial charge in [0.2, 0.25) is 5.13 Å². The lowest BCUT2D eigenvalue weighted by molar-refractivity contribution is 0.434. The molecule has 0 unspecified atom stereocenters. The van der Waals surface area contributed by atoms with Gasteiger partial charge >= 0.3 is 0 Å². The van der Waals surface area contributed by atoms with E-state index >= 15 is 0 Å². The number of hydrogen-bond donors (Lipinski definition) is 0. The summed E-state index contributed by atoms with van der Waals surface area (Å²) in [6.45, 7) is 4.20. The van der Waals surface area contributed by atoms with E-state index in [0.717, 1.165) is 39.2 Å². The van der Waals surface area contributed by atoms with Crippen molar-refractivity contribution >= 4 is 49.4 Å². The SMILES string of the molecule is Cc1nc(-c2ccc(S(=O)(=O)N3CCCN(c4nc(-c5ccccc5)ns4)CC3)s2)cs1. The minimum Gasteiger partial charge on any atom is -0.345 e. The molecule has 0 spiro atoms. The van der Waals surface area contributed by atoms with Crippen molar-refractivity contribution in [3.05, 3.63) is 52.9 Å². The average Bonchev–Trinajstić information content (AvgIpc) is 3.53. The third-order valence-corrected chi connectivity index (χ3v) is 10.2. The van der Waals surface area contributed by atoms with Crippen molar-refractivity contribution in [2.24, 2.45) is 0 Å². The summed E-state index contributed by atoms with van der Waals surface area (Å²) in [7, 11) is -3.54. The number of anilines is 1. The molecule has 0 N–H and O–H groups in total. The Balaban J connectivity index is 1.30. The van der Waals surface area contributed by atoms with Gasteiger partial charge in [-0.15, -0.1) is 22.7 Å². The molecule has 0 radical (unpaired) electrons. The smallest absolute Gasteiger partial charge is 0.252 e. The first kappa shape index (κ1) is 21.7. The number of rotatable bonds is 5. The van der Waals surface area contributed by atoms with Gasteiger partial charge in [0.15, 0.2) is 5.82 Å². The third kappa shape index (κ3) is 4.35. The summed E-state index contributed by atoms with van der Waals surface area (Å²) in [5.41, 5.74) is 1.82. The maximum absolute atomic E-state index is 13.3. The fourth-order valence-electron chi connectivity index (χ4n) is 3.57. The Morgan fingerprint density at radius 3 is 2.59 bits per heavy atom. The molecule has 1 aliphatic rings. The number of aromatic nitrogens is 3. The number of benzene rings is 1. The molecule has 1 saturated heterocycles. The second-order valence-corrected chi connectivity index (χ2v) is 12.4. The van der Waals surface area contributed by atoms with E-state index in [2.05, 4.69) is 14.3 Å². The number of nitrogens with zero attached hydrogens (tertiary/aromatic N) is 5. The molecule has 4 aromatic rings. The Labute approximate surface area is 199 Å². The normalized spacial score (nSPS) is 15.7. The van der Waals surface area contributed by atoms with Gasteiger partial charge in [0.05, 0.1) is 15.6 Å². The minimum atomic E-state index is -3.54. The topological polar surface area (TPSA) is 79.3 Å². The van der Waals surface area contributed by atoms with Crippen LogP contribution in [-0.4, -0.2) is 53.2 Å². The van der Waals surface area contributed by atoms with Crippen molar-refractivity contribution in [2.45, 2.75) is 17.6 Å². The fraction of sp³-hybridized carbons (Fsp3) is 0.286. The maximum atomic E-state index is 13.3. The van der Waals surface area contributed by atoms with Gasteiger partial charge in [-0.1, -0.05) is 30.3 Å². The van der Waals surface area contributed by atoms with E-state index in [1.54, 1.807) is 21.7 Å². The van der Waals surface area contributed by atoms with E-state index in [1.807, 2.05) is 48.7 Å². The Hall–Kier alpha value is -2.18. The molecule has 11 heteroatoms. The average molecular weight is 504 g/mol. The zero-order valence-corrected chi connectivity index (χ0v) is 20.6. The molecule has 4 heterocycles. The van der Waals surface area contributed by atoms with Crippen LogP contribution in [0, 0.1) is 6.92 Å².